The smallest absolute Gasteiger partial charge is 0.264 e. The van der Waals surface area contributed by atoms with E-state index in [4.69, 9.17) is 21.7 Å². The molecule has 17 heavy (non-hydrogen) atoms. The van der Waals surface area contributed by atoms with Crippen LogP contribution in [-0.2, 0) is 4.74 Å². The van der Waals surface area contributed by atoms with Gasteiger partial charge in [-0.1, -0.05) is 6.07 Å². The minimum atomic E-state index is -2.53. The van der Waals surface area contributed by atoms with E-state index in [1.807, 2.05) is 0 Å². The van der Waals surface area contributed by atoms with Gasteiger partial charge in [-0.2, -0.15) is 0 Å². The molecule has 0 fully saturated rings. The first-order valence-corrected chi connectivity index (χ1v) is 5.56. The van der Waals surface area contributed by atoms with Gasteiger partial charge in [-0.05, 0) is 32.1 Å². The fourth-order valence-electron chi connectivity index (χ4n) is 1.58. The molecule has 0 N–H and O–H groups in total. The molecule has 0 aromatic heterocycles. The second kappa shape index (κ2) is 5.91. The van der Waals surface area contributed by atoms with Crippen molar-refractivity contribution in [2.24, 2.45) is 0 Å². The Bertz CT molecular complexity index is 419. The highest BCUT2D eigenvalue weighted by Crippen LogP contribution is 2.32. The highest BCUT2D eigenvalue weighted by Gasteiger charge is 2.19. The molecule has 0 aliphatic carbocycles. The number of benzene rings is 1. The lowest BCUT2D eigenvalue weighted by Crippen LogP contribution is -2.07. The molecule has 5 heteroatoms. The summed E-state index contributed by atoms with van der Waals surface area (Å²) in [5, 5.41) is 0.258. The number of halogens is 2. The van der Waals surface area contributed by atoms with Gasteiger partial charge in [0.15, 0.2) is 5.05 Å². The van der Waals surface area contributed by atoms with Crippen LogP contribution in [0.2, 0.25) is 0 Å². The number of rotatable bonds is 4. The van der Waals surface area contributed by atoms with Crippen LogP contribution in [0, 0.1) is 6.92 Å². The molecule has 0 radical (unpaired) electrons. The minimum absolute atomic E-state index is 0.0510. The van der Waals surface area contributed by atoms with Crippen LogP contribution in [-0.4, -0.2) is 18.8 Å². The Balaban J connectivity index is 3.25. The van der Waals surface area contributed by atoms with Crippen molar-refractivity contribution in [2.45, 2.75) is 20.3 Å². The third-order valence-electron chi connectivity index (χ3n) is 2.38. The fourth-order valence-corrected chi connectivity index (χ4v) is 1.85. The molecule has 0 amide bonds. The zero-order chi connectivity index (χ0) is 13.0. The van der Waals surface area contributed by atoms with Crippen LogP contribution in [0.25, 0.3) is 0 Å². The molecule has 2 nitrogen and oxygen atoms in total. The SMILES string of the molecule is CCOC(=S)c1ccc(C(F)F)c(C)c1OC. The molecule has 0 heterocycles. The fraction of sp³-hybridized carbons (Fsp3) is 0.417. The van der Waals surface area contributed by atoms with E-state index in [0.717, 1.165) is 0 Å². The van der Waals surface area contributed by atoms with Crippen LogP contribution < -0.4 is 4.74 Å². The third kappa shape index (κ3) is 2.91. The maximum absolute atomic E-state index is 12.7. The van der Waals surface area contributed by atoms with E-state index in [-0.39, 0.29) is 10.6 Å². The van der Waals surface area contributed by atoms with Crippen molar-refractivity contribution in [3.8, 4) is 5.75 Å². The molecule has 94 valence electrons. The predicted octanol–water partition coefficient (Wildman–Crippen LogP) is 3.65. The van der Waals surface area contributed by atoms with Crippen molar-refractivity contribution in [1.29, 1.82) is 0 Å². The van der Waals surface area contributed by atoms with Gasteiger partial charge in [-0.25, -0.2) is 8.78 Å². The van der Waals surface area contributed by atoms with E-state index in [0.29, 0.717) is 23.5 Å². The zero-order valence-electron chi connectivity index (χ0n) is 9.92. The number of thiocarbonyl (C=S) groups is 1. The maximum Gasteiger partial charge on any atom is 0.264 e. The lowest BCUT2D eigenvalue weighted by Gasteiger charge is -2.15. The van der Waals surface area contributed by atoms with Crippen molar-refractivity contribution < 1.29 is 18.3 Å². The Morgan fingerprint density at radius 2 is 2.06 bits per heavy atom. The van der Waals surface area contributed by atoms with Crippen molar-refractivity contribution in [3.05, 3.63) is 28.8 Å². The van der Waals surface area contributed by atoms with E-state index in [9.17, 15) is 8.78 Å². The van der Waals surface area contributed by atoms with Crippen LogP contribution in [0.15, 0.2) is 12.1 Å². The van der Waals surface area contributed by atoms with Crippen molar-refractivity contribution >= 4 is 17.3 Å². The summed E-state index contributed by atoms with van der Waals surface area (Å²) in [6.45, 7) is 3.81. The Hall–Kier alpha value is -1.23. The van der Waals surface area contributed by atoms with Crippen LogP contribution in [0.4, 0.5) is 8.78 Å². The van der Waals surface area contributed by atoms with Gasteiger partial charge in [-0.3, -0.25) is 0 Å². The maximum atomic E-state index is 12.7. The lowest BCUT2D eigenvalue weighted by atomic mass is 10.0. The Morgan fingerprint density at radius 3 is 2.53 bits per heavy atom. The second-order valence-corrected chi connectivity index (χ2v) is 3.75. The summed E-state index contributed by atoms with van der Waals surface area (Å²) in [6.07, 6.45) is -2.53. The van der Waals surface area contributed by atoms with E-state index < -0.39 is 6.43 Å². The average molecular weight is 260 g/mol. The molecule has 0 atom stereocenters. The summed E-state index contributed by atoms with van der Waals surface area (Å²) >= 11 is 5.05. The normalized spacial score (nSPS) is 10.5. The van der Waals surface area contributed by atoms with Crippen molar-refractivity contribution in [1.82, 2.24) is 0 Å². The van der Waals surface area contributed by atoms with Crippen molar-refractivity contribution in [3.63, 3.8) is 0 Å². The van der Waals surface area contributed by atoms with Crippen molar-refractivity contribution in [2.75, 3.05) is 13.7 Å². The predicted molar refractivity (Wildman–Crippen MR) is 66.0 cm³/mol. The quantitative estimate of drug-likeness (QED) is 0.770. The Labute approximate surface area is 105 Å². The molecule has 1 aromatic rings. The van der Waals surface area contributed by atoms with E-state index in [1.54, 1.807) is 13.8 Å². The number of hydrogen-bond donors (Lipinski definition) is 0. The van der Waals surface area contributed by atoms with Gasteiger partial charge >= 0.3 is 0 Å². The van der Waals surface area contributed by atoms with Gasteiger partial charge in [0.2, 0.25) is 0 Å². The molecule has 0 aliphatic heterocycles. The zero-order valence-corrected chi connectivity index (χ0v) is 10.7. The largest absolute Gasteiger partial charge is 0.496 e. The molecular weight excluding hydrogens is 246 g/mol. The van der Waals surface area contributed by atoms with E-state index in [1.165, 1.54) is 19.2 Å². The highest BCUT2D eigenvalue weighted by molar-refractivity contribution is 7.80. The number of hydrogen-bond acceptors (Lipinski definition) is 3. The molecule has 0 unspecified atom stereocenters. The molecule has 0 aliphatic rings. The summed E-state index contributed by atoms with van der Waals surface area (Å²) in [5.41, 5.74) is 0.873. The lowest BCUT2D eigenvalue weighted by molar-refractivity contribution is 0.150. The van der Waals surface area contributed by atoms with E-state index in [2.05, 4.69) is 0 Å². The number of methoxy groups -OCH3 is 1. The highest BCUT2D eigenvalue weighted by atomic mass is 32.1. The average Bonchev–Trinajstić information content (AvgIpc) is 2.28. The van der Waals surface area contributed by atoms with Gasteiger partial charge < -0.3 is 9.47 Å². The molecule has 0 saturated carbocycles. The van der Waals surface area contributed by atoms with Crippen LogP contribution in [0.3, 0.4) is 0 Å². The Morgan fingerprint density at radius 1 is 1.41 bits per heavy atom. The summed E-state index contributed by atoms with van der Waals surface area (Å²) in [5.74, 6) is 0.348. The van der Waals surface area contributed by atoms with E-state index >= 15 is 0 Å². The Kier molecular flexibility index (Phi) is 4.81. The van der Waals surface area contributed by atoms with Gasteiger partial charge in [0.05, 0.1) is 19.3 Å². The summed E-state index contributed by atoms with van der Waals surface area (Å²) in [7, 11) is 1.43. The van der Waals surface area contributed by atoms with Gasteiger partial charge in [-0.15, -0.1) is 0 Å². The summed E-state index contributed by atoms with van der Waals surface area (Å²) < 4.78 is 35.7. The molecule has 0 spiro atoms. The second-order valence-electron chi connectivity index (χ2n) is 3.38. The third-order valence-corrected chi connectivity index (χ3v) is 2.72. The first kappa shape index (κ1) is 13.8. The van der Waals surface area contributed by atoms with Crippen LogP contribution in [0.5, 0.6) is 5.75 Å². The van der Waals surface area contributed by atoms with Crippen LogP contribution in [0.1, 0.15) is 30.0 Å². The molecule has 1 rings (SSSR count). The van der Waals surface area contributed by atoms with Gasteiger partial charge in [0.25, 0.3) is 6.43 Å². The molecular formula is C12H14F2O2S. The molecule has 0 bridgehead atoms. The van der Waals surface area contributed by atoms with Gasteiger partial charge in [0, 0.05) is 11.1 Å². The number of alkyl halides is 2. The minimum Gasteiger partial charge on any atom is -0.496 e. The first-order valence-electron chi connectivity index (χ1n) is 5.15. The first-order chi connectivity index (χ1) is 8.02. The van der Waals surface area contributed by atoms with Gasteiger partial charge in [0.1, 0.15) is 5.75 Å². The molecule has 1 aromatic carbocycles. The topological polar surface area (TPSA) is 18.5 Å². The summed E-state index contributed by atoms with van der Waals surface area (Å²) in [6, 6.07) is 2.86. The molecule has 0 saturated heterocycles. The summed E-state index contributed by atoms with van der Waals surface area (Å²) in [4.78, 5) is 0. The standard InChI is InChI=1S/C12H14F2O2S/c1-4-16-12(17)9-6-5-8(11(13)14)7(2)10(9)15-3/h5-6,11H,4H2,1-3H3. The monoisotopic (exact) mass is 260 g/mol. The number of ether oxygens (including phenoxy) is 2. The van der Waals surface area contributed by atoms with Crippen LogP contribution >= 0.6 is 12.2 Å².